The molecule has 17 heavy (non-hydrogen) atoms. The number of amides is 1. The molecule has 0 aliphatic heterocycles. The van der Waals surface area contributed by atoms with Gasteiger partial charge in [0.2, 0.25) is 0 Å². The molecule has 0 N–H and O–H groups in total. The summed E-state index contributed by atoms with van der Waals surface area (Å²) in [5.41, 5.74) is 0.162. The van der Waals surface area contributed by atoms with E-state index in [2.05, 4.69) is 10.4 Å². The average molecular weight is 232 g/mol. The summed E-state index contributed by atoms with van der Waals surface area (Å²) < 4.78 is 0. The fraction of sp³-hybridized carbons (Fsp3) is 0.0909. The fourth-order valence-electron chi connectivity index (χ4n) is 1.17. The van der Waals surface area contributed by atoms with Crippen molar-refractivity contribution in [1.29, 1.82) is 0 Å². The van der Waals surface area contributed by atoms with Crippen LogP contribution in [0.15, 0.2) is 34.6 Å². The second-order valence-electron chi connectivity index (χ2n) is 3.21. The highest BCUT2D eigenvalue weighted by atomic mass is 16.3. The molecule has 0 atom stereocenters. The fourth-order valence-corrected chi connectivity index (χ4v) is 1.17. The van der Waals surface area contributed by atoms with Crippen LogP contribution in [0.3, 0.4) is 0 Å². The zero-order valence-electron chi connectivity index (χ0n) is 8.91. The van der Waals surface area contributed by atoms with Crippen molar-refractivity contribution in [3.8, 4) is 0 Å². The van der Waals surface area contributed by atoms with Gasteiger partial charge >= 0.3 is 5.91 Å². The minimum atomic E-state index is -1.07. The van der Waals surface area contributed by atoms with Crippen LogP contribution in [0.1, 0.15) is 22.8 Å². The molecule has 0 aliphatic rings. The van der Waals surface area contributed by atoms with Crippen LogP contribution in [-0.2, 0) is 4.79 Å². The van der Waals surface area contributed by atoms with Crippen LogP contribution in [0.4, 0.5) is 5.69 Å². The van der Waals surface area contributed by atoms with Crippen molar-refractivity contribution < 1.29 is 9.59 Å². The molecule has 1 rings (SSSR count). The minimum absolute atomic E-state index is 0.158. The highest BCUT2D eigenvalue weighted by Gasteiger charge is 2.12. The number of nitrogens with zero attached hydrogens (tertiary/aromatic N) is 2. The summed E-state index contributed by atoms with van der Waals surface area (Å²) in [4.78, 5) is 42.4. The molecule has 0 spiro atoms. The first kappa shape index (κ1) is 12.6. The molecule has 0 saturated carbocycles. The molecule has 0 unspecified atom stereocenters. The van der Waals surface area contributed by atoms with Crippen LogP contribution < -0.4 is 0 Å². The van der Waals surface area contributed by atoms with Gasteiger partial charge in [0.25, 0.3) is 0 Å². The second-order valence-corrected chi connectivity index (χ2v) is 3.21. The van der Waals surface area contributed by atoms with Crippen molar-refractivity contribution in [2.45, 2.75) is 6.92 Å². The predicted octanol–water partition coefficient (Wildman–Crippen LogP) is 2.59. The third-order valence-electron chi connectivity index (χ3n) is 1.94. The lowest BCUT2D eigenvalue weighted by atomic mass is 10.1. The Morgan fingerprint density at radius 1 is 1.24 bits per heavy atom. The van der Waals surface area contributed by atoms with Crippen LogP contribution in [0.2, 0.25) is 0 Å². The van der Waals surface area contributed by atoms with Gasteiger partial charge in [-0.05, 0) is 35.9 Å². The molecular weight excluding hydrogens is 224 g/mol. The molecule has 0 fully saturated rings. The molecule has 86 valence electrons. The number of benzene rings is 1. The van der Waals surface area contributed by atoms with Crippen molar-refractivity contribution in [1.82, 2.24) is 0 Å². The maximum atomic E-state index is 11.1. The first-order valence-corrected chi connectivity index (χ1v) is 4.62. The molecule has 1 amide bonds. The summed E-state index contributed by atoms with van der Waals surface area (Å²) in [7, 11) is 0. The Balaban J connectivity index is 3.21. The van der Waals surface area contributed by atoms with E-state index in [0.717, 1.165) is 0 Å². The highest BCUT2D eigenvalue weighted by molar-refractivity contribution is 6.00. The number of carbonyl (C=O) groups is 2. The maximum absolute atomic E-state index is 11.1. The van der Waals surface area contributed by atoms with E-state index in [1.165, 1.54) is 37.3 Å². The first-order chi connectivity index (χ1) is 8.08. The summed E-state index contributed by atoms with van der Waals surface area (Å²) in [6.45, 7) is 1.37. The molecule has 0 aromatic heterocycles. The van der Waals surface area contributed by atoms with Gasteiger partial charge in [-0.15, -0.1) is 9.81 Å². The monoisotopic (exact) mass is 232 g/mol. The number of ketones is 1. The molecule has 0 heterocycles. The lowest BCUT2D eigenvalue weighted by Crippen LogP contribution is -1.94. The van der Waals surface area contributed by atoms with Gasteiger partial charge in [0.1, 0.15) is 5.69 Å². The number of nitroso groups, excluding NO2 is 2. The summed E-state index contributed by atoms with van der Waals surface area (Å²) in [5.74, 6) is -1.23. The zero-order chi connectivity index (χ0) is 12.8. The highest BCUT2D eigenvalue weighted by Crippen LogP contribution is 2.22. The quantitative estimate of drug-likeness (QED) is 0.589. The third kappa shape index (κ3) is 3.23. The van der Waals surface area contributed by atoms with Gasteiger partial charge in [-0.3, -0.25) is 9.59 Å². The summed E-state index contributed by atoms with van der Waals surface area (Å²) >= 11 is 0. The number of allylic oxidation sites excluding steroid dienone is 1. The first-order valence-electron chi connectivity index (χ1n) is 4.62. The van der Waals surface area contributed by atoms with E-state index in [-0.39, 0.29) is 17.0 Å². The Bertz CT molecular complexity index is 520. The standard InChI is InChI=1S/C11H8N2O4/c1-7(14)2-3-8-4-5-10(12-16)9(6-8)11(15)13-17/h2-6H,1H3/b3-2+. The molecule has 0 saturated heterocycles. The number of hydrogen-bond acceptors (Lipinski definition) is 5. The van der Waals surface area contributed by atoms with Crippen molar-refractivity contribution in [3.05, 3.63) is 45.2 Å². The Kier molecular flexibility index (Phi) is 4.10. The molecule has 0 bridgehead atoms. The van der Waals surface area contributed by atoms with Crippen LogP contribution in [-0.4, -0.2) is 11.7 Å². The van der Waals surface area contributed by atoms with Crippen LogP contribution in [0.5, 0.6) is 0 Å². The van der Waals surface area contributed by atoms with Gasteiger partial charge in [0.05, 0.1) is 5.56 Å². The molecule has 1 aromatic rings. The Labute approximate surface area is 96.3 Å². The number of hydrogen-bond donors (Lipinski definition) is 0. The Hall–Kier alpha value is -2.50. The van der Waals surface area contributed by atoms with Crippen LogP contribution in [0, 0.1) is 9.81 Å². The minimum Gasteiger partial charge on any atom is -0.295 e. The normalized spacial score (nSPS) is 10.2. The lowest BCUT2D eigenvalue weighted by Gasteiger charge is -1.99. The zero-order valence-corrected chi connectivity index (χ0v) is 8.91. The summed E-state index contributed by atoms with van der Waals surface area (Å²) in [6, 6.07) is 4.06. The molecule has 6 heteroatoms. The van der Waals surface area contributed by atoms with Crippen LogP contribution in [0.25, 0.3) is 6.08 Å². The van der Waals surface area contributed by atoms with Crippen molar-refractivity contribution in [2.75, 3.05) is 0 Å². The SMILES string of the molecule is CC(=O)/C=C/c1ccc(N=O)c(C(=O)N=O)c1. The average Bonchev–Trinajstić information content (AvgIpc) is 2.34. The lowest BCUT2D eigenvalue weighted by molar-refractivity contribution is -0.112. The van der Waals surface area contributed by atoms with Gasteiger partial charge in [-0.1, -0.05) is 12.1 Å². The second kappa shape index (κ2) is 5.55. The van der Waals surface area contributed by atoms with E-state index in [9.17, 15) is 19.4 Å². The van der Waals surface area contributed by atoms with E-state index < -0.39 is 5.91 Å². The van der Waals surface area contributed by atoms with Gasteiger partial charge in [0.15, 0.2) is 5.78 Å². The van der Waals surface area contributed by atoms with E-state index in [4.69, 9.17) is 0 Å². The topological polar surface area (TPSA) is 93.0 Å². The Morgan fingerprint density at radius 2 is 1.94 bits per heavy atom. The third-order valence-corrected chi connectivity index (χ3v) is 1.94. The number of carbonyl (C=O) groups excluding carboxylic acids is 2. The van der Waals surface area contributed by atoms with E-state index in [0.29, 0.717) is 5.56 Å². The maximum Gasteiger partial charge on any atom is 0.319 e. The largest absolute Gasteiger partial charge is 0.319 e. The van der Waals surface area contributed by atoms with Crippen molar-refractivity contribution >= 4 is 23.5 Å². The Morgan fingerprint density at radius 3 is 2.47 bits per heavy atom. The number of rotatable bonds is 4. The van der Waals surface area contributed by atoms with Gasteiger partial charge in [-0.2, -0.15) is 0 Å². The smallest absolute Gasteiger partial charge is 0.295 e. The summed E-state index contributed by atoms with van der Waals surface area (Å²) in [5, 5.41) is 4.84. The molecular formula is C11H8N2O4. The van der Waals surface area contributed by atoms with Gasteiger partial charge in [0, 0.05) is 5.18 Å². The molecule has 0 aliphatic carbocycles. The van der Waals surface area contributed by atoms with E-state index in [1.807, 2.05) is 0 Å². The van der Waals surface area contributed by atoms with Gasteiger partial charge < -0.3 is 0 Å². The molecule has 1 aromatic carbocycles. The molecule has 0 radical (unpaired) electrons. The van der Waals surface area contributed by atoms with Gasteiger partial charge in [-0.25, -0.2) is 0 Å². The summed E-state index contributed by atoms with van der Waals surface area (Å²) in [6.07, 6.45) is 2.75. The predicted molar refractivity (Wildman–Crippen MR) is 61.7 cm³/mol. The van der Waals surface area contributed by atoms with E-state index in [1.54, 1.807) is 0 Å². The molecule has 6 nitrogen and oxygen atoms in total. The van der Waals surface area contributed by atoms with Crippen LogP contribution >= 0.6 is 0 Å². The van der Waals surface area contributed by atoms with E-state index >= 15 is 0 Å². The van der Waals surface area contributed by atoms with Crippen molar-refractivity contribution in [2.24, 2.45) is 10.4 Å². The van der Waals surface area contributed by atoms with Crippen molar-refractivity contribution in [3.63, 3.8) is 0 Å².